The lowest BCUT2D eigenvalue weighted by atomic mass is 10.1. The first-order valence-corrected chi connectivity index (χ1v) is 14.5. The molecule has 0 aliphatic rings. The maximum Gasteiger partial charge on any atom is 0.305 e. The van der Waals surface area contributed by atoms with E-state index in [1.165, 1.54) is 153 Å². The lowest BCUT2D eigenvalue weighted by molar-refractivity contribution is -0.910. The highest BCUT2D eigenvalue weighted by Gasteiger charge is 2.20. The molecule has 0 saturated heterocycles. The van der Waals surface area contributed by atoms with Gasteiger partial charge in [0.05, 0.1) is 33.8 Å². The molecule has 0 aliphatic carbocycles. The number of ether oxygens (including phenoxy) is 1. The number of methoxy groups -OCH3 is 1. The van der Waals surface area contributed by atoms with Crippen LogP contribution in [0, 0.1) is 0 Å². The predicted octanol–water partition coefficient (Wildman–Crippen LogP) is 5.84. The molecule has 0 amide bonds. The quantitative estimate of drug-likeness (QED) is 0.0914. The van der Waals surface area contributed by atoms with Crippen LogP contribution < -0.4 is 12.4 Å². The fourth-order valence-electron chi connectivity index (χ4n) is 4.81. The number of halogens is 1. The Balaban J connectivity index is 0. The molecule has 0 aliphatic heterocycles. The van der Waals surface area contributed by atoms with Crippen molar-refractivity contribution < 1.29 is 26.4 Å². The van der Waals surface area contributed by atoms with Crippen LogP contribution in [0.4, 0.5) is 0 Å². The third-order valence-electron chi connectivity index (χ3n) is 7.16. The molecular weight excluding hydrogens is 430 g/mol. The van der Waals surface area contributed by atoms with Gasteiger partial charge in [-0.3, -0.25) is 4.79 Å². The number of carbonyl (C=O) groups excluding carboxylic acids is 1. The Kier molecular flexibility index (Phi) is 27.8. The minimum absolute atomic E-state index is 0. The first kappa shape index (κ1) is 34.9. The van der Waals surface area contributed by atoms with E-state index in [1.807, 2.05) is 0 Å². The third kappa shape index (κ3) is 24.6. The van der Waals surface area contributed by atoms with E-state index in [2.05, 4.69) is 20.9 Å². The largest absolute Gasteiger partial charge is 1.00 e. The molecule has 0 N–H and O–H groups in total. The van der Waals surface area contributed by atoms with Gasteiger partial charge >= 0.3 is 5.97 Å². The summed E-state index contributed by atoms with van der Waals surface area (Å²) in [5, 5.41) is 0. The fourth-order valence-corrected chi connectivity index (χ4v) is 4.81. The van der Waals surface area contributed by atoms with Gasteiger partial charge in [0.25, 0.3) is 0 Å². The van der Waals surface area contributed by atoms with E-state index >= 15 is 0 Å². The summed E-state index contributed by atoms with van der Waals surface area (Å²) in [7, 11) is 4.02. The van der Waals surface area contributed by atoms with E-state index in [1.54, 1.807) is 0 Å². The van der Waals surface area contributed by atoms with Gasteiger partial charge in [-0.05, 0) is 44.9 Å². The van der Waals surface area contributed by atoms with Gasteiger partial charge in [0, 0.05) is 6.42 Å². The Labute approximate surface area is 214 Å². The highest BCUT2D eigenvalue weighted by atomic mass is 35.5. The average molecular weight is 490 g/mol. The first-order valence-electron chi connectivity index (χ1n) is 14.5. The summed E-state index contributed by atoms with van der Waals surface area (Å²) in [5.41, 5.74) is 0. The summed E-state index contributed by atoms with van der Waals surface area (Å²) in [4.78, 5) is 11.1. The lowest BCUT2D eigenvalue weighted by Crippen LogP contribution is -3.00. The molecule has 0 bridgehead atoms. The predicted molar refractivity (Wildman–Crippen MR) is 141 cm³/mol. The van der Waals surface area contributed by atoms with Gasteiger partial charge < -0.3 is 21.6 Å². The molecule has 0 radical (unpaired) electrons. The minimum Gasteiger partial charge on any atom is -1.00 e. The van der Waals surface area contributed by atoms with Crippen molar-refractivity contribution in [3.8, 4) is 0 Å². The van der Waals surface area contributed by atoms with Crippen LogP contribution in [0.5, 0.6) is 0 Å². The zero-order valence-corrected chi connectivity index (χ0v) is 23.9. The van der Waals surface area contributed by atoms with Crippen LogP contribution in [0.15, 0.2) is 0 Å². The van der Waals surface area contributed by atoms with Crippen molar-refractivity contribution in [3.05, 3.63) is 0 Å². The van der Waals surface area contributed by atoms with Crippen molar-refractivity contribution in [2.24, 2.45) is 0 Å². The van der Waals surface area contributed by atoms with Gasteiger partial charge in [0.1, 0.15) is 0 Å². The number of esters is 1. The molecule has 0 aromatic carbocycles. The topological polar surface area (TPSA) is 26.3 Å². The molecule has 3 nitrogen and oxygen atoms in total. The fraction of sp³-hybridized carbons (Fsp3) is 0.966. The smallest absolute Gasteiger partial charge is 0.305 e. The van der Waals surface area contributed by atoms with Crippen LogP contribution in [0.1, 0.15) is 149 Å². The molecule has 0 aromatic rings. The molecule has 0 unspecified atom stereocenters. The summed E-state index contributed by atoms with van der Waals surface area (Å²) in [5.74, 6) is -0.0620. The number of quaternary nitrogens is 1. The van der Waals surface area contributed by atoms with Crippen LogP contribution in [-0.2, 0) is 9.53 Å². The van der Waals surface area contributed by atoms with Gasteiger partial charge in [0.15, 0.2) is 0 Å². The Hall–Kier alpha value is -0.280. The van der Waals surface area contributed by atoms with Crippen LogP contribution in [0.2, 0.25) is 0 Å². The van der Waals surface area contributed by atoms with E-state index in [0.29, 0.717) is 6.42 Å². The zero-order chi connectivity index (χ0) is 23.8. The van der Waals surface area contributed by atoms with E-state index in [4.69, 9.17) is 4.74 Å². The van der Waals surface area contributed by atoms with E-state index in [0.717, 1.165) is 6.42 Å². The molecule has 0 fully saturated rings. The van der Waals surface area contributed by atoms with Crippen molar-refractivity contribution in [2.75, 3.05) is 33.8 Å². The van der Waals surface area contributed by atoms with Gasteiger partial charge in [-0.15, -0.1) is 0 Å². The minimum atomic E-state index is -0.0620. The van der Waals surface area contributed by atoms with Crippen molar-refractivity contribution >= 4 is 5.97 Å². The second-order valence-electron chi connectivity index (χ2n) is 10.5. The highest BCUT2D eigenvalue weighted by molar-refractivity contribution is 5.68. The van der Waals surface area contributed by atoms with Gasteiger partial charge in [0.2, 0.25) is 0 Å². The van der Waals surface area contributed by atoms with Crippen molar-refractivity contribution in [2.45, 2.75) is 149 Å². The Morgan fingerprint density at radius 3 is 1.18 bits per heavy atom. The summed E-state index contributed by atoms with van der Waals surface area (Å²) in [6, 6.07) is 0. The summed E-state index contributed by atoms with van der Waals surface area (Å²) < 4.78 is 6.02. The molecule has 0 saturated carbocycles. The Bertz CT molecular complexity index is 387. The summed E-state index contributed by atoms with van der Waals surface area (Å²) in [6.07, 6.45) is 27.8. The van der Waals surface area contributed by atoms with Crippen LogP contribution in [0.3, 0.4) is 0 Å². The number of rotatable bonds is 25. The number of hydrogen-bond donors (Lipinski definition) is 0. The molecule has 0 rings (SSSR count). The van der Waals surface area contributed by atoms with Crippen molar-refractivity contribution in [1.29, 1.82) is 0 Å². The summed E-state index contributed by atoms with van der Waals surface area (Å²) >= 11 is 0. The first-order chi connectivity index (χ1) is 15.6. The maximum atomic E-state index is 11.1. The monoisotopic (exact) mass is 489 g/mol. The normalized spacial score (nSPS) is 11.4. The molecular formula is C29H60ClNO2. The maximum absolute atomic E-state index is 11.1. The molecule has 33 heavy (non-hydrogen) atoms. The Morgan fingerprint density at radius 1 is 0.545 bits per heavy atom. The molecule has 0 spiro atoms. The zero-order valence-electron chi connectivity index (χ0n) is 23.1. The molecule has 0 aromatic heterocycles. The van der Waals surface area contributed by atoms with E-state index < -0.39 is 0 Å². The van der Waals surface area contributed by atoms with E-state index in [-0.39, 0.29) is 18.4 Å². The lowest BCUT2D eigenvalue weighted by Gasteiger charge is -2.35. The SMILES string of the molecule is CCCCCCCC[N+](C)(CCCCCCCC)CCCCCCCCCCC(=O)OC.[Cl-]. The number of carbonyl (C=O) groups is 1. The molecule has 200 valence electrons. The molecule has 0 atom stereocenters. The number of hydrogen-bond acceptors (Lipinski definition) is 2. The second-order valence-corrected chi connectivity index (χ2v) is 10.5. The van der Waals surface area contributed by atoms with Crippen LogP contribution in [-0.4, -0.2) is 44.2 Å². The van der Waals surface area contributed by atoms with Crippen LogP contribution in [0.25, 0.3) is 0 Å². The van der Waals surface area contributed by atoms with Gasteiger partial charge in [-0.2, -0.15) is 0 Å². The third-order valence-corrected chi connectivity index (χ3v) is 7.16. The molecule has 0 heterocycles. The van der Waals surface area contributed by atoms with Gasteiger partial charge in [-0.1, -0.05) is 97.3 Å². The standard InChI is InChI=1S/C29H60NO2.ClH/c1-5-7-9-11-18-22-26-30(3,27-23-19-12-10-8-6-2)28-24-20-16-14-13-15-17-21-25-29(31)32-4;/h5-28H2,1-4H3;1H/q+1;/p-1. The summed E-state index contributed by atoms with van der Waals surface area (Å²) in [6.45, 7) is 8.77. The van der Waals surface area contributed by atoms with E-state index in [9.17, 15) is 4.79 Å². The Morgan fingerprint density at radius 2 is 0.848 bits per heavy atom. The number of nitrogens with zero attached hydrogens (tertiary/aromatic N) is 1. The van der Waals surface area contributed by atoms with Crippen LogP contribution >= 0.6 is 0 Å². The van der Waals surface area contributed by atoms with Crippen molar-refractivity contribution in [3.63, 3.8) is 0 Å². The van der Waals surface area contributed by atoms with Gasteiger partial charge in [-0.25, -0.2) is 0 Å². The molecule has 4 heteroatoms. The number of unbranched alkanes of at least 4 members (excludes halogenated alkanes) is 17. The second kappa shape index (κ2) is 26.3. The highest BCUT2D eigenvalue weighted by Crippen LogP contribution is 2.16. The average Bonchev–Trinajstić information content (AvgIpc) is 2.79. The van der Waals surface area contributed by atoms with Crippen molar-refractivity contribution in [1.82, 2.24) is 0 Å².